The van der Waals surface area contributed by atoms with Crippen LogP contribution in [-0.2, 0) is 6.73 Å². The highest BCUT2D eigenvalue weighted by molar-refractivity contribution is 5.70. The van der Waals surface area contributed by atoms with Crippen molar-refractivity contribution >= 4 is 0 Å². The smallest absolute Gasteiger partial charge is 0.123 e. The normalized spacial score (nSPS) is 10.1. The number of benzene rings is 1. The molecular weight excluding hydrogens is 207 g/mol. The van der Waals surface area contributed by atoms with E-state index in [1.54, 1.807) is 18.3 Å². The first-order chi connectivity index (χ1) is 7.74. The molecule has 0 unspecified atom stereocenters. The second-order valence-corrected chi connectivity index (χ2v) is 3.36. The van der Waals surface area contributed by atoms with Crippen molar-refractivity contribution in [1.82, 2.24) is 4.57 Å². The van der Waals surface area contributed by atoms with Crippen LogP contribution in [0.25, 0.3) is 11.1 Å². The van der Waals surface area contributed by atoms with Gasteiger partial charge in [0.2, 0.25) is 0 Å². The highest BCUT2D eigenvalue weighted by Crippen LogP contribution is 2.24. The third-order valence-corrected chi connectivity index (χ3v) is 2.30. The molecule has 0 fully saturated rings. The Hall–Kier alpha value is -2.12. The van der Waals surface area contributed by atoms with Crippen LogP contribution in [0.5, 0.6) is 0 Å². The van der Waals surface area contributed by atoms with Crippen LogP contribution < -0.4 is 0 Å². The van der Waals surface area contributed by atoms with Crippen LogP contribution >= 0.6 is 0 Å². The maximum Gasteiger partial charge on any atom is 0.123 e. The molecule has 2 aromatic rings. The van der Waals surface area contributed by atoms with Gasteiger partial charge in [-0.3, -0.25) is 0 Å². The number of nitriles is 1. The van der Waals surface area contributed by atoms with Crippen molar-refractivity contribution in [2.75, 3.05) is 0 Å². The summed E-state index contributed by atoms with van der Waals surface area (Å²) < 4.78 is 14.5. The molecule has 0 saturated heterocycles. The Morgan fingerprint density at radius 1 is 1.38 bits per heavy atom. The highest BCUT2D eigenvalue weighted by atomic mass is 19.1. The van der Waals surface area contributed by atoms with Crippen LogP contribution in [0.15, 0.2) is 36.7 Å². The lowest BCUT2D eigenvalue weighted by Crippen LogP contribution is -1.90. The van der Waals surface area contributed by atoms with Gasteiger partial charge in [0.25, 0.3) is 0 Å². The van der Waals surface area contributed by atoms with Crippen LogP contribution in [0.1, 0.15) is 5.56 Å². The number of hydrogen-bond acceptors (Lipinski definition) is 2. The lowest BCUT2D eigenvalue weighted by molar-refractivity contribution is 0.211. The quantitative estimate of drug-likeness (QED) is 0.835. The summed E-state index contributed by atoms with van der Waals surface area (Å²) >= 11 is 0. The first kappa shape index (κ1) is 10.4. The molecule has 3 nitrogen and oxygen atoms in total. The Kier molecular flexibility index (Phi) is 2.71. The summed E-state index contributed by atoms with van der Waals surface area (Å²) in [5.41, 5.74) is 1.67. The van der Waals surface area contributed by atoms with E-state index >= 15 is 0 Å². The Labute approximate surface area is 92.0 Å². The van der Waals surface area contributed by atoms with Crippen LogP contribution in [0.4, 0.5) is 4.39 Å². The van der Waals surface area contributed by atoms with E-state index in [0.29, 0.717) is 16.7 Å². The van der Waals surface area contributed by atoms with Gasteiger partial charge in [-0.25, -0.2) is 4.39 Å². The number of aromatic nitrogens is 1. The first-order valence-electron chi connectivity index (χ1n) is 4.71. The van der Waals surface area contributed by atoms with Crippen molar-refractivity contribution in [2.24, 2.45) is 0 Å². The second-order valence-electron chi connectivity index (χ2n) is 3.36. The van der Waals surface area contributed by atoms with Crippen molar-refractivity contribution in [3.8, 4) is 17.2 Å². The van der Waals surface area contributed by atoms with E-state index in [0.717, 1.165) is 0 Å². The van der Waals surface area contributed by atoms with Gasteiger partial charge >= 0.3 is 0 Å². The topological polar surface area (TPSA) is 49.0 Å². The van der Waals surface area contributed by atoms with Crippen LogP contribution in [-0.4, -0.2) is 9.67 Å². The average Bonchev–Trinajstić information content (AvgIpc) is 2.72. The maximum absolute atomic E-state index is 13.0. The molecule has 1 N–H and O–H groups in total. The summed E-state index contributed by atoms with van der Waals surface area (Å²) in [5.74, 6) is -0.349. The van der Waals surface area contributed by atoms with E-state index < -0.39 is 0 Å². The molecule has 0 aliphatic carbocycles. The molecule has 1 aromatic carbocycles. The Morgan fingerprint density at radius 3 is 2.81 bits per heavy atom. The van der Waals surface area contributed by atoms with Crippen LogP contribution in [0.2, 0.25) is 0 Å². The zero-order chi connectivity index (χ0) is 11.5. The predicted octanol–water partition coefficient (Wildman–Crippen LogP) is 2.12. The largest absolute Gasteiger partial charge is 0.376 e. The van der Waals surface area contributed by atoms with Crippen molar-refractivity contribution in [3.63, 3.8) is 0 Å². The van der Waals surface area contributed by atoms with E-state index in [2.05, 4.69) is 0 Å². The van der Waals surface area contributed by atoms with Crippen molar-refractivity contribution in [3.05, 3.63) is 48.0 Å². The monoisotopic (exact) mass is 216 g/mol. The molecule has 0 aliphatic rings. The maximum atomic E-state index is 13.0. The minimum absolute atomic E-state index is 0.204. The molecule has 2 rings (SSSR count). The van der Waals surface area contributed by atoms with Gasteiger partial charge in [-0.2, -0.15) is 5.26 Å². The highest BCUT2D eigenvalue weighted by Gasteiger charge is 2.08. The number of rotatable bonds is 2. The number of aliphatic hydroxyl groups excluding tert-OH is 1. The molecule has 1 aromatic heterocycles. The fraction of sp³-hybridized carbons (Fsp3) is 0.0833. The number of nitrogens with zero attached hydrogens (tertiary/aromatic N) is 2. The van der Waals surface area contributed by atoms with Gasteiger partial charge in [0.15, 0.2) is 0 Å². The molecule has 80 valence electrons. The minimum Gasteiger partial charge on any atom is -0.376 e. The molecular formula is C12H9FN2O. The summed E-state index contributed by atoms with van der Waals surface area (Å²) in [4.78, 5) is 0. The third kappa shape index (κ3) is 1.81. The Bertz CT molecular complexity index is 554. The van der Waals surface area contributed by atoms with E-state index in [1.165, 1.54) is 22.9 Å². The summed E-state index contributed by atoms with van der Waals surface area (Å²) in [6.07, 6.45) is 3.15. The third-order valence-electron chi connectivity index (χ3n) is 2.30. The molecule has 0 bridgehead atoms. The van der Waals surface area contributed by atoms with Gasteiger partial charge < -0.3 is 9.67 Å². The average molecular weight is 216 g/mol. The number of aliphatic hydroxyl groups is 1. The SMILES string of the molecule is N#Cc1cn(CO)cc1-c1cccc(F)c1. The molecule has 0 radical (unpaired) electrons. The lowest BCUT2D eigenvalue weighted by Gasteiger charge is -1.98. The van der Waals surface area contributed by atoms with E-state index in [-0.39, 0.29) is 12.5 Å². The fourth-order valence-corrected chi connectivity index (χ4v) is 1.56. The van der Waals surface area contributed by atoms with Gasteiger partial charge in [-0.15, -0.1) is 0 Å². The van der Waals surface area contributed by atoms with Crippen molar-refractivity contribution in [2.45, 2.75) is 6.73 Å². The Morgan fingerprint density at radius 2 is 2.19 bits per heavy atom. The van der Waals surface area contributed by atoms with Gasteiger partial charge in [0, 0.05) is 18.0 Å². The predicted molar refractivity (Wildman–Crippen MR) is 56.8 cm³/mol. The molecule has 1 heterocycles. The standard InChI is InChI=1S/C12H9FN2O/c13-11-3-1-2-9(4-11)12-7-15(8-16)6-10(12)5-14/h1-4,6-7,16H,8H2. The summed E-state index contributed by atoms with van der Waals surface area (Å²) in [6.45, 7) is -0.204. The van der Waals surface area contributed by atoms with Gasteiger partial charge in [0.1, 0.15) is 18.6 Å². The van der Waals surface area contributed by atoms with Crippen molar-refractivity contribution in [1.29, 1.82) is 5.26 Å². The molecule has 0 atom stereocenters. The van der Waals surface area contributed by atoms with Gasteiger partial charge in [-0.1, -0.05) is 12.1 Å². The molecule has 0 aliphatic heterocycles. The van der Waals surface area contributed by atoms with Gasteiger partial charge in [-0.05, 0) is 17.7 Å². The summed E-state index contributed by atoms with van der Waals surface area (Å²) in [6, 6.07) is 8.03. The summed E-state index contributed by atoms with van der Waals surface area (Å²) in [7, 11) is 0. The fourth-order valence-electron chi connectivity index (χ4n) is 1.56. The Balaban J connectivity index is 2.55. The van der Waals surface area contributed by atoms with E-state index in [1.807, 2.05) is 6.07 Å². The zero-order valence-electron chi connectivity index (χ0n) is 8.39. The van der Waals surface area contributed by atoms with Crippen molar-refractivity contribution < 1.29 is 9.50 Å². The first-order valence-corrected chi connectivity index (χ1v) is 4.71. The molecule has 0 spiro atoms. The van der Waals surface area contributed by atoms with Crippen LogP contribution in [0.3, 0.4) is 0 Å². The number of hydrogen-bond donors (Lipinski definition) is 1. The lowest BCUT2D eigenvalue weighted by atomic mass is 10.1. The van der Waals surface area contributed by atoms with E-state index in [4.69, 9.17) is 10.4 Å². The second kappa shape index (κ2) is 4.17. The molecule has 16 heavy (non-hydrogen) atoms. The minimum atomic E-state index is -0.349. The summed E-state index contributed by atoms with van der Waals surface area (Å²) in [5, 5.41) is 17.9. The number of halogens is 1. The molecule has 4 heteroatoms. The van der Waals surface area contributed by atoms with E-state index in [9.17, 15) is 4.39 Å². The van der Waals surface area contributed by atoms with Crippen LogP contribution in [0, 0.1) is 17.1 Å². The van der Waals surface area contributed by atoms with Gasteiger partial charge in [0.05, 0.1) is 5.56 Å². The molecule has 0 saturated carbocycles. The molecule has 0 amide bonds. The zero-order valence-corrected chi connectivity index (χ0v) is 8.39.